The van der Waals surface area contributed by atoms with Crippen molar-refractivity contribution in [2.45, 2.75) is 18.6 Å². The third-order valence-electron chi connectivity index (χ3n) is 3.45. The molecule has 4 nitrogen and oxygen atoms in total. The first-order chi connectivity index (χ1) is 8.79. The molecule has 0 amide bonds. The van der Waals surface area contributed by atoms with Crippen LogP contribution in [-0.4, -0.2) is 53.2 Å². The van der Waals surface area contributed by atoms with Crippen LogP contribution in [-0.2, 0) is 6.18 Å². The number of likely N-dealkylation sites (N-methyl/N-ethyl adjacent to an activating group) is 1. The van der Waals surface area contributed by atoms with E-state index in [1.165, 1.54) is 0 Å². The Morgan fingerprint density at radius 1 is 1.53 bits per heavy atom. The molecule has 0 bridgehead atoms. The van der Waals surface area contributed by atoms with Crippen LogP contribution in [0.1, 0.15) is 17.8 Å². The first-order valence-electron chi connectivity index (χ1n) is 6.02. The number of hydrogen-bond acceptors (Lipinski definition) is 3. The minimum atomic E-state index is -4.40. The van der Waals surface area contributed by atoms with Gasteiger partial charge in [-0.15, -0.1) is 0 Å². The van der Waals surface area contributed by atoms with Gasteiger partial charge < -0.3 is 9.80 Å². The van der Waals surface area contributed by atoms with Gasteiger partial charge in [0.15, 0.2) is 0 Å². The number of hydrogen-bond donors (Lipinski definition) is 1. The van der Waals surface area contributed by atoms with Crippen molar-refractivity contribution in [3.8, 4) is 0 Å². The van der Waals surface area contributed by atoms with Gasteiger partial charge in [-0.25, -0.2) is 0 Å². The lowest BCUT2D eigenvalue weighted by molar-refractivity contribution is -0.141. The molecule has 2 rings (SSSR count). The number of rotatable bonds is 3. The summed E-state index contributed by atoms with van der Waals surface area (Å²) in [6.07, 6.45) is -3.43. The molecule has 1 aliphatic heterocycles. The van der Waals surface area contributed by atoms with E-state index in [9.17, 15) is 13.2 Å². The highest BCUT2D eigenvalue weighted by atomic mass is 19.4. The molecule has 1 aliphatic rings. The van der Waals surface area contributed by atoms with Crippen molar-refractivity contribution >= 4 is 5.70 Å². The van der Waals surface area contributed by atoms with Crippen LogP contribution in [0.5, 0.6) is 0 Å². The maximum absolute atomic E-state index is 12.5. The number of nitrogens with zero attached hydrogens (tertiary/aromatic N) is 3. The normalized spacial score (nSPS) is 20.3. The average molecular weight is 274 g/mol. The summed E-state index contributed by atoms with van der Waals surface area (Å²) in [5.41, 5.74) is -0.0464. The Bertz CT molecular complexity index is 464. The summed E-state index contributed by atoms with van der Waals surface area (Å²) >= 11 is 0. The van der Waals surface area contributed by atoms with E-state index in [1.54, 1.807) is 0 Å². The van der Waals surface area contributed by atoms with Crippen LogP contribution < -0.4 is 0 Å². The Morgan fingerprint density at radius 2 is 2.21 bits per heavy atom. The summed E-state index contributed by atoms with van der Waals surface area (Å²) in [5.74, 6) is 0. The van der Waals surface area contributed by atoms with E-state index in [4.69, 9.17) is 0 Å². The maximum Gasteiger partial charge on any atom is 0.432 e. The zero-order valence-corrected chi connectivity index (χ0v) is 11.0. The number of aromatic amines is 1. The van der Waals surface area contributed by atoms with Gasteiger partial charge in [-0.05, 0) is 26.6 Å². The minimum absolute atomic E-state index is 0.256. The van der Waals surface area contributed by atoms with E-state index in [0.29, 0.717) is 11.7 Å². The molecule has 0 spiro atoms. The average Bonchev–Trinajstić information content (AvgIpc) is 2.97. The van der Waals surface area contributed by atoms with Gasteiger partial charge in [0, 0.05) is 19.1 Å². The minimum Gasteiger partial charge on any atom is -0.369 e. The Kier molecular flexibility index (Phi) is 3.58. The molecule has 1 aromatic rings. The lowest BCUT2D eigenvalue weighted by atomic mass is 10.2. The first kappa shape index (κ1) is 13.9. The quantitative estimate of drug-likeness (QED) is 0.916. The van der Waals surface area contributed by atoms with Crippen LogP contribution in [0.3, 0.4) is 0 Å². The topological polar surface area (TPSA) is 35.2 Å². The van der Waals surface area contributed by atoms with Gasteiger partial charge >= 0.3 is 6.18 Å². The van der Waals surface area contributed by atoms with Gasteiger partial charge in [-0.1, -0.05) is 6.58 Å². The molecule has 1 unspecified atom stereocenters. The first-order valence-corrected chi connectivity index (χ1v) is 6.02. The summed E-state index contributed by atoms with van der Waals surface area (Å²) in [5, 5.41) is 5.71. The molecule has 1 saturated heterocycles. The summed E-state index contributed by atoms with van der Waals surface area (Å²) in [6, 6.07) is 1.41. The fourth-order valence-electron chi connectivity index (χ4n) is 2.19. The van der Waals surface area contributed by atoms with Gasteiger partial charge in [-0.3, -0.25) is 5.10 Å². The summed E-state index contributed by atoms with van der Waals surface area (Å²) in [6.45, 7) is 5.41. The second-order valence-electron chi connectivity index (χ2n) is 4.96. The third kappa shape index (κ3) is 2.91. The number of nitrogens with one attached hydrogen (secondary N) is 1. The molecule has 1 aromatic heterocycles. The van der Waals surface area contributed by atoms with Gasteiger partial charge in [0.2, 0.25) is 0 Å². The van der Waals surface area contributed by atoms with Crippen LogP contribution in [0.15, 0.2) is 12.6 Å². The number of halogens is 3. The van der Waals surface area contributed by atoms with E-state index in [1.807, 2.05) is 24.1 Å². The Morgan fingerprint density at radius 3 is 2.68 bits per heavy atom. The summed E-state index contributed by atoms with van der Waals surface area (Å²) in [7, 11) is 3.99. The second-order valence-corrected chi connectivity index (χ2v) is 4.96. The molecule has 7 heteroatoms. The molecule has 19 heavy (non-hydrogen) atoms. The van der Waals surface area contributed by atoms with Gasteiger partial charge in [0.1, 0.15) is 11.4 Å². The van der Waals surface area contributed by atoms with E-state index >= 15 is 0 Å². The van der Waals surface area contributed by atoms with Crippen molar-refractivity contribution in [3.05, 3.63) is 24.0 Å². The lowest BCUT2D eigenvalue weighted by Gasteiger charge is -2.22. The smallest absolute Gasteiger partial charge is 0.369 e. The Hall–Kier alpha value is -1.50. The lowest BCUT2D eigenvalue weighted by Crippen LogP contribution is -2.30. The fraction of sp³-hybridized carbons (Fsp3) is 0.583. The zero-order valence-electron chi connectivity index (χ0n) is 11.0. The molecular weight excluding hydrogens is 257 g/mol. The largest absolute Gasteiger partial charge is 0.432 e. The fourth-order valence-corrected chi connectivity index (χ4v) is 2.19. The van der Waals surface area contributed by atoms with E-state index in [0.717, 1.165) is 25.6 Å². The standard InChI is InChI=1S/C12H17F3N4/c1-8(19-5-4-9(7-19)18(2)3)10-6-11(17-16-10)12(13,14)15/h6,9H,1,4-5,7H2,2-3H3,(H,16,17). The molecule has 1 fully saturated rings. The predicted octanol–water partition coefficient (Wildman–Crippen LogP) is 2.04. The number of aromatic nitrogens is 2. The second kappa shape index (κ2) is 4.88. The van der Waals surface area contributed by atoms with Crippen molar-refractivity contribution in [2.24, 2.45) is 0 Å². The Balaban J connectivity index is 2.07. The monoisotopic (exact) mass is 274 g/mol. The molecule has 0 radical (unpaired) electrons. The van der Waals surface area contributed by atoms with Gasteiger partial charge in [-0.2, -0.15) is 18.3 Å². The molecule has 0 saturated carbocycles. The SMILES string of the molecule is C=C(c1cc(C(F)(F)F)[nH]n1)N1CCC(N(C)C)C1. The van der Waals surface area contributed by atoms with Gasteiger partial charge in [0.05, 0.1) is 5.70 Å². The molecule has 1 atom stereocenters. The summed E-state index contributed by atoms with van der Waals surface area (Å²) in [4.78, 5) is 4.08. The van der Waals surface area contributed by atoms with Gasteiger partial charge in [0.25, 0.3) is 0 Å². The maximum atomic E-state index is 12.5. The molecule has 0 aliphatic carbocycles. The van der Waals surface area contributed by atoms with Crippen molar-refractivity contribution < 1.29 is 13.2 Å². The molecular formula is C12H17F3N4. The summed E-state index contributed by atoms with van der Waals surface area (Å²) < 4.78 is 37.5. The van der Waals surface area contributed by atoms with E-state index in [2.05, 4.69) is 16.6 Å². The molecule has 1 N–H and O–H groups in total. The molecule has 2 heterocycles. The number of likely N-dealkylation sites (tertiary alicyclic amines) is 1. The van der Waals surface area contributed by atoms with Crippen LogP contribution in [0.4, 0.5) is 13.2 Å². The predicted molar refractivity (Wildman–Crippen MR) is 66.3 cm³/mol. The van der Waals surface area contributed by atoms with Crippen LogP contribution >= 0.6 is 0 Å². The van der Waals surface area contributed by atoms with Crippen LogP contribution in [0.2, 0.25) is 0 Å². The van der Waals surface area contributed by atoms with E-state index < -0.39 is 11.9 Å². The van der Waals surface area contributed by atoms with Crippen molar-refractivity contribution in [1.29, 1.82) is 0 Å². The third-order valence-corrected chi connectivity index (χ3v) is 3.45. The van der Waals surface area contributed by atoms with Crippen molar-refractivity contribution in [1.82, 2.24) is 20.0 Å². The molecule has 106 valence electrons. The van der Waals surface area contributed by atoms with Crippen molar-refractivity contribution in [3.63, 3.8) is 0 Å². The van der Waals surface area contributed by atoms with Crippen LogP contribution in [0, 0.1) is 0 Å². The highest BCUT2D eigenvalue weighted by Gasteiger charge is 2.34. The highest BCUT2D eigenvalue weighted by Crippen LogP contribution is 2.30. The number of H-pyrrole nitrogens is 1. The van der Waals surface area contributed by atoms with Crippen LogP contribution in [0.25, 0.3) is 5.70 Å². The Labute approximate surface area is 109 Å². The molecule has 0 aromatic carbocycles. The highest BCUT2D eigenvalue weighted by molar-refractivity contribution is 5.59. The number of alkyl halides is 3. The zero-order chi connectivity index (χ0) is 14.2. The van der Waals surface area contributed by atoms with E-state index in [-0.39, 0.29) is 5.69 Å². The van der Waals surface area contributed by atoms with Crippen molar-refractivity contribution in [2.75, 3.05) is 27.2 Å².